The van der Waals surface area contributed by atoms with Crippen molar-refractivity contribution in [1.82, 2.24) is 4.90 Å². The van der Waals surface area contributed by atoms with Crippen molar-refractivity contribution < 1.29 is 19.1 Å². The van der Waals surface area contributed by atoms with Crippen molar-refractivity contribution in [3.8, 4) is 11.5 Å². The summed E-state index contributed by atoms with van der Waals surface area (Å²) in [6.45, 7) is 0.473. The Labute approximate surface area is 157 Å². The molecule has 0 radical (unpaired) electrons. The zero-order chi connectivity index (χ0) is 19.0. The molecule has 0 spiro atoms. The van der Waals surface area contributed by atoms with E-state index < -0.39 is 11.9 Å². The Morgan fingerprint density at radius 1 is 1.15 bits per heavy atom. The van der Waals surface area contributed by atoms with Crippen LogP contribution in [0.2, 0.25) is 0 Å². The predicted molar refractivity (Wildman–Crippen MR) is 100 cm³/mol. The number of amides is 2. The summed E-state index contributed by atoms with van der Waals surface area (Å²) in [7, 11) is 1.58. The summed E-state index contributed by atoms with van der Waals surface area (Å²) >= 11 is 0. The maximum atomic E-state index is 13.2. The van der Waals surface area contributed by atoms with E-state index in [-0.39, 0.29) is 12.5 Å². The summed E-state index contributed by atoms with van der Waals surface area (Å²) in [5, 5.41) is 0. The molecule has 0 saturated heterocycles. The van der Waals surface area contributed by atoms with Gasteiger partial charge in [-0.25, -0.2) is 0 Å². The molecule has 138 valence electrons. The quantitative estimate of drug-likeness (QED) is 0.902. The van der Waals surface area contributed by atoms with Gasteiger partial charge in [0, 0.05) is 18.5 Å². The summed E-state index contributed by atoms with van der Waals surface area (Å²) in [5.74, 6) is 0.503. The molecule has 0 saturated carbocycles. The normalized spacial score (nSPS) is 17.9. The highest BCUT2D eigenvalue weighted by atomic mass is 16.5. The van der Waals surface area contributed by atoms with E-state index in [9.17, 15) is 9.59 Å². The molecule has 2 N–H and O–H groups in total. The van der Waals surface area contributed by atoms with E-state index in [1.165, 1.54) is 0 Å². The summed E-state index contributed by atoms with van der Waals surface area (Å²) in [4.78, 5) is 26.7. The first-order valence-electron chi connectivity index (χ1n) is 8.76. The molecule has 2 aliphatic rings. The molecule has 0 bridgehead atoms. The van der Waals surface area contributed by atoms with E-state index >= 15 is 0 Å². The lowest BCUT2D eigenvalue weighted by Crippen LogP contribution is -2.52. The molecule has 2 aromatic rings. The van der Waals surface area contributed by atoms with Crippen LogP contribution in [-0.2, 0) is 22.6 Å². The van der Waals surface area contributed by atoms with Crippen LogP contribution in [0.5, 0.6) is 11.5 Å². The molecule has 2 aliphatic heterocycles. The molecule has 0 aromatic heterocycles. The average Bonchev–Trinajstić information content (AvgIpc) is 2.71. The minimum atomic E-state index is -0.667. The van der Waals surface area contributed by atoms with Gasteiger partial charge in [0.25, 0.3) is 5.91 Å². The van der Waals surface area contributed by atoms with Crippen LogP contribution in [0.4, 0.5) is 0 Å². The van der Waals surface area contributed by atoms with Gasteiger partial charge in [-0.1, -0.05) is 36.4 Å². The lowest BCUT2D eigenvalue weighted by Gasteiger charge is -2.36. The van der Waals surface area contributed by atoms with Crippen LogP contribution in [-0.4, -0.2) is 36.5 Å². The van der Waals surface area contributed by atoms with E-state index in [0.717, 1.165) is 16.7 Å². The van der Waals surface area contributed by atoms with Crippen molar-refractivity contribution in [1.29, 1.82) is 0 Å². The maximum Gasteiger partial charge on any atom is 0.254 e. The Balaban J connectivity index is 1.67. The minimum Gasteiger partial charge on any atom is -0.493 e. The highest BCUT2D eigenvalue weighted by Gasteiger charge is 2.35. The molecule has 2 heterocycles. The fourth-order valence-corrected chi connectivity index (χ4v) is 3.64. The van der Waals surface area contributed by atoms with Crippen LogP contribution in [0.1, 0.15) is 16.7 Å². The SMILES string of the molecule is COc1cccc2c1OCC(C(=O)N1Cc3ccccc3C[C@H]1C(N)=O)=C2. The second kappa shape index (κ2) is 6.79. The number of primary amides is 1. The van der Waals surface area contributed by atoms with Gasteiger partial charge >= 0.3 is 0 Å². The van der Waals surface area contributed by atoms with Gasteiger partial charge in [0.15, 0.2) is 11.5 Å². The summed E-state index contributed by atoms with van der Waals surface area (Å²) < 4.78 is 11.1. The first kappa shape index (κ1) is 17.1. The highest BCUT2D eigenvalue weighted by molar-refractivity contribution is 6.01. The number of nitrogens with two attached hydrogens (primary N) is 1. The Morgan fingerprint density at radius 3 is 2.67 bits per heavy atom. The van der Waals surface area contributed by atoms with Gasteiger partial charge < -0.3 is 20.1 Å². The van der Waals surface area contributed by atoms with Gasteiger partial charge in [0.05, 0.1) is 12.7 Å². The molecule has 6 nitrogen and oxygen atoms in total. The molecular formula is C21H20N2O4. The van der Waals surface area contributed by atoms with Crippen LogP contribution in [0.3, 0.4) is 0 Å². The Morgan fingerprint density at radius 2 is 1.93 bits per heavy atom. The van der Waals surface area contributed by atoms with Gasteiger partial charge in [-0.2, -0.15) is 0 Å². The molecule has 2 amide bonds. The predicted octanol–water partition coefficient (Wildman–Crippen LogP) is 1.91. The van der Waals surface area contributed by atoms with Crippen molar-refractivity contribution >= 4 is 17.9 Å². The third-order valence-corrected chi connectivity index (χ3v) is 5.04. The highest BCUT2D eigenvalue weighted by Crippen LogP contribution is 2.36. The van der Waals surface area contributed by atoms with Crippen LogP contribution in [0.25, 0.3) is 6.08 Å². The standard InChI is InChI=1S/C21H20N2O4/c1-26-18-8-4-7-14-9-16(12-27-19(14)18)21(25)23-11-15-6-3-2-5-13(15)10-17(23)20(22)24/h2-9,17H,10-12H2,1H3,(H2,22,24)/t17-/m0/s1. The van der Waals surface area contributed by atoms with Gasteiger partial charge in [-0.05, 0) is 23.3 Å². The number of hydrogen-bond donors (Lipinski definition) is 1. The third-order valence-electron chi connectivity index (χ3n) is 5.04. The van der Waals surface area contributed by atoms with E-state index in [4.69, 9.17) is 15.2 Å². The second-order valence-electron chi connectivity index (χ2n) is 6.66. The van der Waals surface area contributed by atoms with Crippen LogP contribution in [0.15, 0.2) is 48.0 Å². The zero-order valence-corrected chi connectivity index (χ0v) is 15.0. The largest absolute Gasteiger partial charge is 0.493 e. The number of methoxy groups -OCH3 is 1. The monoisotopic (exact) mass is 364 g/mol. The maximum absolute atomic E-state index is 13.2. The number of hydrogen-bond acceptors (Lipinski definition) is 4. The van der Waals surface area contributed by atoms with Crippen molar-refractivity contribution in [2.45, 2.75) is 19.0 Å². The van der Waals surface area contributed by atoms with Gasteiger partial charge in [0.1, 0.15) is 12.6 Å². The molecule has 0 unspecified atom stereocenters. The first-order chi connectivity index (χ1) is 13.1. The molecule has 2 aromatic carbocycles. The van der Waals surface area contributed by atoms with E-state index in [1.54, 1.807) is 18.1 Å². The lowest BCUT2D eigenvalue weighted by molar-refractivity contribution is -0.137. The van der Waals surface area contributed by atoms with Gasteiger partial charge in [-0.3, -0.25) is 9.59 Å². The van der Waals surface area contributed by atoms with Crippen LogP contribution >= 0.6 is 0 Å². The molecule has 0 aliphatic carbocycles. The molecular weight excluding hydrogens is 344 g/mol. The number of nitrogens with zero attached hydrogens (tertiary/aromatic N) is 1. The first-order valence-corrected chi connectivity index (χ1v) is 8.76. The molecule has 4 rings (SSSR count). The van der Waals surface area contributed by atoms with Crippen LogP contribution in [0, 0.1) is 0 Å². The second-order valence-corrected chi connectivity index (χ2v) is 6.66. The number of rotatable bonds is 3. The summed E-state index contributed by atoms with van der Waals surface area (Å²) in [5.41, 5.74) is 8.94. The number of fused-ring (bicyclic) bond motifs is 2. The number of carbonyl (C=O) groups is 2. The zero-order valence-electron chi connectivity index (χ0n) is 15.0. The van der Waals surface area contributed by atoms with Gasteiger partial charge in [0.2, 0.25) is 5.91 Å². The Hall–Kier alpha value is -3.28. The lowest BCUT2D eigenvalue weighted by atomic mass is 9.92. The number of ether oxygens (including phenoxy) is 2. The number of carbonyl (C=O) groups excluding carboxylic acids is 2. The Kier molecular flexibility index (Phi) is 4.32. The number of para-hydroxylation sites is 1. The smallest absolute Gasteiger partial charge is 0.254 e. The van der Waals surface area contributed by atoms with E-state index in [0.29, 0.717) is 30.0 Å². The minimum absolute atomic E-state index is 0.121. The van der Waals surface area contributed by atoms with Gasteiger partial charge in [-0.15, -0.1) is 0 Å². The number of benzene rings is 2. The molecule has 27 heavy (non-hydrogen) atoms. The van der Waals surface area contributed by atoms with Crippen molar-refractivity contribution in [3.63, 3.8) is 0 Å². The molecule has 6 heteroatoms. The van der Waals surface area contributed by atoms with E-state index in [1.807, 2.05) is 42.5 Å². The van der Waals surface area contributed by atoms with Crippen molar-refractivity contribution in [2.24, 2.45) is 5.73 Å². The third kappa shape index (κ3) is 3.03. The van der Waals surface area contributed by atoms with Crippen molar-refractivity contribution in [2.75, 3.05) is 13.7 Å². The van der Waals surface area contributed by atoms with Crippen molar-refractivity contribution in [3.05, 3.63) is 64.7 Å². The Bertz CT molecular complexity index is 951. The topological polar surface area (TPSA) is 81.9 Å². The average molecular weight is 364 g/mol. The summed E-state index contributed by atoms with van der Waals surface area (Å²) in [6.07, 6.45) is 2.22. The molecule has 0 fully saturated rings. The fourth-order valence-electron chi connectivity index (χ4n) is 3.64. The summed E-state index contributed by atoms with van der Waals surface area (Å²) in [6, 6.07) is 12.6. The fraction of sp³-hybridized carbons (Fsp3) is 0.238. The van der Waals surface area contributed by atoms with E-state index in [2.05, 4.69) is 0 Å². The van der Waals surface area contributed by atoms with Crippen LogP contribution < -0.4 is 15.2 Å². The molecule has 1 atom stereocenters.